The number of rotatable bonds is 8. The average Bonchev–Trinajstić information content (AvgIpc) is 2.52. The highest BCUT2D eigenvalue weighted by Crippen LogP contribution is 2.18. The van der Waals surface area contributed by atoms with Gasteiger partial charge in [0.15, 0.2) is 0 Å². The molecule has 0 amide bonds. The Kier molecular flexibility index (Phi) is 5.97. The van der Waals surface area contributed by atoms with Crippen molar-refractivity contribution in [3.63, 3.8) is 0 Å². The van der Waals surface area contributed by atoms with Crippen LogP contribution < -0.4 is 0 Å². The number of aliphatic hydroxyl groups is 1. The summed E-state index contributed by atoms with van der Waals surface area (Å²) in [5, 5.41) is 10.4. The van der Waals surface area contributed by atoms with Crippen LogP contribution in [0.5, 0.6) is 0 Å². The van der Waals surface area contributed by atoms with Gasteiger partial charge in [0.25, 0.3) is 0 Å². The summed E-state index contributed by atoms with van der Waals surface area (Å²) in [4.78, 5) is 0. The highest BCUT2D eigenvalue weighted by molar-refractivity contribution is 5.15. The maximum absolute atomic E-state index is 10.4. The smallest absolute Gasteiger partial charge is 0.0716 e. The van der Waals surface area contributed by atoms with E-state index in [0.717, 1.165) is 12.8 Å². The Morgan fingerprint density at radius 3 is 2.05 bits per heavy atom. The lowest BCUT2D eigenvalue weighted by Crippen LogP contribution is -2.26. The van der Waals surface area contributed by atoms with Crippen molar-refractivity contribution in [2.75, 3.05) is 6.61 Å². The minimum atomic E-state index is -0.674. The summed E-state index contributed by atoms with van der Waals surface area (Å²) in [5.74, 6) is 0. The van der Waals surface area contributed by atoms with Gasteiger partial charge in [-0.2, -0.15) is 0 Å². The van der Waals surface area contributed by atoms with Crippen molar-refractivity contribution in [2.45, 2.75) is 38.4 Å². The highest BCUT2D eigenvalue weighted by Gasteiger charge is 2.19. The van der Waals surface area contributed by atoms with Crippen LogP contribution in [0.25, 0.3) is 0 Å². The lowest BCUT2D eigenvalue weighted by Gasteiger charge is -2.23. The zero-order valence-electron chi connectivity index (χ0n) is 12.7. The van der Waals surface area contributed by atoms with Gasteiger partial charge in [-0.05, 0) is 37.3 Å². The van der Waals surface area contributed by atoms with E-state index >= 15 is 0 Å². The van der Waals surface area contributed by atoms with Crippen LogP contribution in [0.3, 0.4) is 0 Å². The van der Waals surface area contributed by atoms with Gasteiger partial charge in [-0.15, -0.1) is 0 Å². The van der Waals surface area contributed by atoms with Gasteiger partial charge in [-0.3, -0.25) is 0 Å². The van der Waals surface area contributed by atoms with Crippen LogP contribution in [0.2, 0.25) is 0 Å². The molecule has 2 rings (SSSR count). The maximum atomic E-state index is 10.4. The molecule has 0 aromatic heterocycles. The first kappa shape index (κ1) is 15.7. The van der Waals surface area contributed by atoms with E-state index in [1.165, 1.54) is 11.1 Å². The molecule has 0 aliphatic carbocycles. The Balaban J connectivity index is 1.66. The summed E-state index contributed by atoms with van der Waals surface area (Å²) >= 11 is 0. The molecule has 0 saturated carbocycles. The van der Waals surface area contributed by atoms with Gasteiger partial charge in [0.1, 0.15) is 0 Å². The molecule has 0 spiro atoms. The molecule has 21 heavy (non-hydrogen) atoms. The molecular formula is C19H24O2. The topological polar surface area (TPSA) is 29.5 Å². The fourth-order valence-corrected chi connectivity index (χ4v) is 2.24. The molecule has 1 atom stereocenters. The number of hydrogen-bond acceptors (Lipinski definition) is 2. The molecule has 112 valence electrons. The molecule has 1 N–H and O–H groups in total. The van der Waals surface area contributed by atoms with E-state index in [4.69, 9.17) is 4.74 Å². The van der Waals surface area contributed by atoms with E-state index in [0.29, 0.717) is 19.6 Å². The number of aryl methyl sites for hydroxylation is 1. The fourth-order valence-electron chi connectivity index (χ4n) is 2.24. The van der Waals surface area contributed by atoms with Crippen molar-refractivity contribution < 1.29 is 9.84 Å². The largest absolute Gasteiger partial charge is 0.390 e. The van der Waals surface area contributed by atoms with Gasteiger partial charge in [-0.25, -0.2) is 0 Å². The minimum absolute atomic E-state index is 0.580. The lowest BCUT2D eigenvalue weighted by molar-refractivity contribution is 0.00453. The summed E-state index contributed by atoms with van der Waals surface area (Å²) in [7, 11) is 0. The predicted octanol–water partition coefficient (Wildman–Crippen LogP) is 3.98. The number of ether oxygens (including phenoxy) is 1. The van der Waals surface area contributed by atoms with Crippen LogP contribution in [-0.4, -0.2) is 17.3 Å². The van der Waals surface area contributed by atoms with Crippen molar-refractivity contribution in [1.29, 1.82) is 0 Å². The number of benzene rings is 2. The molecule has 0 radical (unpaired) electrons. The molecule has 0 unspecified atom stereocenters. The third-order valence-corrected chi connectivity index (χ3v) is 3.69. The third kappa shape index (κ3) is 6.11. The van der Waals surface area contributed by atoms with E-state index < -0.39 is 5.60 Å². The summed E-state index contributed by atoms with van der Waals surface area (Å²) in [5.41, 5.74) is 1.76. The van der Waals surface area contributed by atoms with E-state index in [2.05, 4.69) is 12.1 Å². The minimum Gasteiger partial charge on any atom is -0.390 e. The lowest BCUT2D eigenvalue weighted by atomic mass is 9.94. The second-order valence-corrected chi connectivity index (χ2v) is 5.77. The SMILES string of the molecule is C[C@](O)(CCOCc1ccccc1)CCc1ccccc1. The zero-order chi connectivity index (χ0) is 15.0. The molecule has 2 heteroatoms. The Morgan fingerprint density at radius 2 is 1.43 bits per heavy atom. The van der Waals surface area contributed by atoms with Crippen LogP contribution in [0.15, 0.2) is 60.7 Å². The monoisotopic (exact) mass is 284 g/mol. The summed E-state index contributed by atoms with van der Waals surface area (Å²) in [6, 6.07) is 20.4. The van der Waals surface area contributed by atoms with Gasteiger partial charge in [0, 0.05) is 6.61 Å². The van der Waals surface area contributed by atoms with Crippen molar-refractivity contribution in [1.82, 2.24) is 0 Å². The second-order valence-electron chi connectivity index (χ2n) is 5.77. The Morgan fingerprint density at radius 1 is 0.857 bits per heavy atom. The standard InChI is InChI=1S/C19H24O2/c1-19(20,13-12-17-8-4-2-5-9-17)14-15-21-16-18-10-6-3-7-11-18/h2-11,20H,12-16H2,1H3/t19-/m1/s1. The molecule has 0 aliphatic rings. The summed E-state index contributed by atoms with van der Waals surface area (Å²) < 4.78 is 5.65. The summed E-state index contributed by atoms with van der Waals surface area (Å²) in [6.07, 6.45) is 2.31. The van der Waals surface area contributed by atoms with E-state index in [-0.39, 0.29) is 0 Å². The van der Waals surface area contributed by atoms with Crippen LogP contribution in [0.4, 0.5) is 0 Å². The normalized spacial score (nSPS) is 13.8. The second kappa shape index (κ2) is 7.96. The molecule has 0 saturated heterocycles. The van der Waals surface area contributed by atoms with Crippen LogP contribution >= 0.6 is 0 Å². The molecule has 2 nitrogen and oxygen atoms in total. The first-order valence-corrected chi connectivity index (χ1v) is 7.54. The zero-order valence-corrected chi connectivity index (χ0v) is 12.7. The molecule has 0 bridgehead atoms. The Hall–Kier alpha value is -1.64. The molecule has 2 aromatic carbocycles. The number of hydrogen-bond donors (Lipinski definition) is 1. The average molecular weight is 284 g/mol. The molecule has 0 heterocycles. The van der Waals surface area contributed by atoms with Crippen molar-refractivity contribution in [2.24, 2.45) is 0 Å². The van der Waals surface area contributed by atoms with Gasteiger partial charge in [0.2, 0.25) is 0 Å². The van der Waals surface area contributed by atoms with Gasteiger partial charge >= 0.3 is 0 Å². The molecule has 0 aliphatic heterocycles. The van der Waals surface area contributed by atoms with Crippen LogP contribution in [-0.2, 0) is 17.8 Å². The first-order valence-electron chi connectivity index (χ1n) is 7.54. The van der Waals surface area contributed by atoms with E-state index in [1.807, 2.05) is 55.5 Å². The van der Waals surface area contributed by atoms with Crippen molar-refractivity contribution in [3.8, 4) is 0 Å². The van der Waals surface area contributed by atoms with Crippen molar-refractivity contribution in [3.05, 3.63) is 71.8 Å². The van der Waals surface area contributed by atoms with Crippen LogP contribution in [0, 0.1) is 0 Å². The van der Waals surface area contributed by atoms with E-state index in [9.17, 15) is 5.11 Å². The first-order chi connectivity index (χ1) is 10.2. The predicted molar refractivity (Wildman–Crippen MR) is 86.1 cm³/mol. The van der Waals surface area contributed by atoms with Gasteiger partial charge < -0.3 is 9.84 Å². The molecule has 2 aromatic rings. The quantitative estimate of drug-likeness (QED) is 0.743. The highest BCUT2D eigenvalue weighted by atomic mass is 16.5. The molecule has 0 fully saturated rings. The third-order valence-electron chi connectivity index (χ3n) is 3.69. The van der Waals surface area contributed by atoms with Crippen molar-refractivity contribution >= 4 is 0 Å². The fraction of sp³-hybridized carbons (Fsp3) is 0.368. The molecular weight excluding hydrogens is 260 g/mol. The van der Waals surface area contributed by atoms with Gasteiger partial charge in [0.05, 0.1) is 12.2 Å². The van der Waals surface area contributed by atoms with E-state index in [1.54, 1.807) is 0 Å². The maximum Gasteiger partial charge on any atom is 0.0716 e. The Bertz CT molecular complexity index is 506. The Labute approximate surface area is 127 Å². The summed E-state index contributed by atoms with van der Waals surface area (Å²) in [6.45, 7) is 3.08. The van der Waals surface area contributed by atoms with Crippen LogP contribution in [0.1, 0.15) is 30.9 Å². The van der Waals surface area contributed by atoms with Gasteiger partial charge in [-0.1, -0.05) is 60.7 Å².